The number of piperidine rings is 2. The van der Waals surface area contributed by atoms with Crippen molar-refractivity contribution >= 4 is 5.91 Å². The van der Waals surface area contributed by atoms with Crippen LogP contribution in [-0.2, 0) is 4.79 Å². The van der Waals surface area contributed by atoms with Crippen LogP contribution in [0.15, 0.2) is 0 Å². The highest BCUT2D eigenvalue weighted by Crippen LogP contribution is 2.20. The second-order valence-electron chi connectivity index (χ2n) is 7.27. The van der Waals surface area contributed by atoms with Gasteiger partial charge in [-0.15, -0.1) is 0 Å². The summed E-state index contributed by atoms with van der Waals surface area (Å²) in [6.45, 7) is 9.06. The van der Waals surface area contributed by atoms with Gasteiger partial charge in [-0.25, -0.2) is 0 Å². The second-order valence-corrected chi connectivity index (χ2v) is 7.27. The summed E-state index contributed by atoms with van der Waals surface area (Å²) in [5, 5.41) is 3.15. The fraction of sp³-hybridized carbons (Fsp3) is 0.944. The maximum Gasteiger partial charge on any atom is 0.223 e. The van der Waals surface area contributed by atoms with Gasteiger partial charge in [0.15, 0.2) is 0 Å². The minimum Gasteiger partial charge on any atom is -0.356 e. The fourth-order valence-electron chi connectivity index (χ4n) is 3.71. The van der Waals surface area contributed by atoms with Crippen LogP contribution in [0.25, 0.3) is 0 Å². The Balaban J connectivity index is 1.48. The van der Waals surface area contributed by atoms with Crippen molar-refractivity contribution in [3.63, 3.8) is 0 Å². The topological polar surface area (TPSA) is 35.6 Å². The molecule has 0 unspecified atom stereocenters. The second kappa shape index (κ2) is 9.51. The molecule has 2 saturated heterocycles. The Bertz CT molecular complexity index is 318. The van der Waals surface area contributed by atoms with E-state index in [1.807, 2.05) is 0 Å². The molecule has 0 bridgehead atoms. The zero-order chi connectivity index (χ0) is 15.8. The summed E-state index contributed by atoms with van der Waals surface area (Å²) in [5.74, 6) is 1.51. The molecule has 0 saturated carbocycles. The Morgan fingerprint density at radius 2 is 1.73 bits per heavy atom. The molecule has 2 heterocycles. The fourth-order valence-corrected chi connectivity index (χ4v) is 3.71. The molecule has 0 radical (unpaired) electrons. The first-order chi connectivity index (χ1) is 10.7. The predicted octanol–water partition coefficient (Wildman–Crippen LogP) is 2.35. The molecule has 0 aromatic rings. The quantitative estimate of drug-likeness (QED) is 0.733. The van der Waals surface area contributed by atoms with E-state index in [4.69, 9.17) is 0 Å². The van der Waals surface area contributed by atoms with Gasteiger partial charge in [0.1, 0.15) is 0 Å². The monoisotopic (exact) mass is 309 g/mol. The van der Waals surface area contributed by atoms with Gasteiger partial charge < -0.3 is 15.1 Å². The van der Waals surface area contributed by atoms with Gasteiger partial charge in [0.2, 0.25) is 5.91 Å². The van der Waals surface area contributed by atoms with E-state index in [2.05, 4.69) is 29.1 Å². The van der Waals surface area contributed by atoms with E-state index in [0.29, 0.717) is 0 Å². The summed E-state index contributed by atoms with van der Waals surface area (Å²) < 4.78 is 0. The minimum atomic E-state index is 0.254. The molecule has 128 valence electrons. The minimum absolute atomic E-state index is 0.254. The largest absolute Gasteiger partial charge is 0.356 e. The number of carbonyl (C=O) groups excluding carboxylic acids is 1. The van der Waals surface area contributed by atoms with Crippen LogP contribution in [0.5, 0.6) is 0 Å². The number of nitrogens with zero attached hydrogens (tertiary/aromatic N) is 2. The Hall–Kier alpha value is -0.610. The standard InChI is InChI=1S/C18H35N3O/c1-3-16-6-14-21(15-7-16)11-5-4-10-19-18(22)17-8-12-20(2)13-9-17/h16-17H,3-15H2,1-2H3,(H,19,22). The molecule has 1 N–H and O–H groups in total. The third-order valence-corrected chi connectivity index (χ3v) is 5.57. The average Bonchev–Trinajstić information content (AvgIpc) is 2.55. The summed E-state index contributed by atoms with van der Waals surface area (Å²) in [6, 6.07) is 0. The molecule has 0 atom stereocenters. The van der Waals surface area contributed by atoms with Crippen molar-refractivity contribution in [3.8, 4) is 0 Å². The first-order valence-electron chi connectivity index (χ1n) is 9.37. The van der Waals surface area contributed by atoms with Crippen molar-refractivity contribution in [2.24, 2.45) is 11.8 Å². The van der Waals surface area contributed by atoms with Crippen molar-refractivity contribution in [2.45, 2.75) is 51.9 Å². The highest BCUT2D eigenvalue weighted by atomic mass is 16.1. The van der Waals surface area contributed by atoms with Crippen LogP contribution in [0.4, 0.5) is 0 Å². The maximum absolute atomic E-state index is 12.1. The summed E-state index contributed by atoms with van der Waals surface area (Å²) in [5.41, 5.74) is 0. The molecular weight excluding hydrogens is 274 g/mol. The van der Waals surface area contributed by atoms with Crippen LogP contribution in [0.1, 0.15) is 51.9 Å². The maximum atomic E-state index is 12.1. The SMILES string of the molecule is CCC1CCN(CCCCNC(=O)C2CCN(C)CC2)CC1. The highest BCUT2D eigenvalue weighted by Gasteiger charge is 2.22. The van der Waals surface area contributed by atoms with Crippen molar-refractivity contribution < 1.29 is 4.79 Å². The summed E-state index contributed by atoms with van der Waals surface area (Å²) in [7, 11) is 2.14. The predicted molar refractivity (Wildman–Crippen MR) is 91.9 cm³/mol. The molecule has 2 aliphatic heterocycles. The van der Waals surface area contributed by atoms with Crippen molar-refractivity contribution in [1.82, 2.24) is 15.1 Å². The number of carbonyl (C=O) groups is 1. The zero-order valence-electron chi connectivity index (χ0n) is 14.6. The molecule has 22 heavy (non-hydrogen) atoms. The van der Waals surface area contributed by atoms with E-state index in [-0.39, 0.29) is 11.8 Å². The number of hydrogen-bond donors (Lipinski definition) is 1. The van der Waals surface area contributed by atoms with Gasteiger partial charge in [0, 0.05) is 12.5 Å². The zero-order valence-corrected chi connectivity index (χ0v) is 14.6. The molecule has 0 aliphatic carbocycles. The van der Waals surface area contributed by atoms with Crippen molar-refractivity contribution in [1.29, 1.82) is 0 Å². The first kappa shape index (κ1) is 17.7. The van der Waals surface area contributed by atoms with E-state index in [1.54, 1.807) is 0 Å². The lowest BCUT2D eigenvalue weighted by molar-refractivity contribution is -0.126. The van der Waals surface area contributed by atoms with Gasteiger partial charge in [0.05, 0.1) is 0 Å². The summed E-state index contributed by atoms with van der Waals surface area (Å²) in [4.78, 5) is 17.0. The molecular formula is C18H35N3O. The van der Waals surface area contributed by atoms with E-state index in [0.717, 1.165) is 44.8 Å². The molecule has 0 spiro atoms. The van der Waals surface area contributed by atoms with Crippen molar-refractivity contribution in [3.05, 3.63) is 0 Å². The van der Waals surface area contributed by atoms with Gasteiger partial charge in [0.25, 0.3) is 0 Å². The first-order valence-corrected chi connectivity index (χ1v) is 9.37. The molecule has 4 heteroatoms. The smallest absolute Gasteiger partial charge is 0.223 e. The van der Waals surface area contributed by atoms with E-state index in [1.165, 1.54) is 45.3 Å². The molecule has 1 amide bonds. The Labute approximate surface area is 136 Å². The third-order valence-electron chi connectivity index (χ3n) is 5.57. The van der Waals surface area contributed by atoms with Crippen LogP contribution in [-0.4, -0.2) is 62.0 Å². The average molecular weight is 309 g/mol. The van der Waals surface area contributed by atoms with Gasteiger partial charge in [-0.1, -0.05) is 13.3 Å². The third kappa shape index (κ3) is 5.88. The molecule has 2 aliphatic rings. The lowest BCUT2D eigenvalue weighted by Crippen LogP contribution is -2.39. The van der Waals surface area contributed by atoms with Crippen LogP contribution in [0, 0.1) is 11.8 Å². The van der Waals surface area contributed by atoms with Gasteiger partial charge in [-0.2, -0.15) is 0 Å². The van der Waals surface area contributed by atoms with Crippen LogP contribution in [0.3, 0.4) is 0 Å². The molecule has 0 aromatic heterocycles. The van der Waals surface area contributed by atoms with Gasteiger partial charge >= 0.3 is 0 Å². The number of likely N-dealkylation sites (tertiary alicyclic amines) is 2. The number of hydrogen-bond acceptors (Lipinski definition) is 3. The lowest BCUT2D eigenvalue weighted by Gasteiger charge is -2.31. The molecule has 2 rings (SSSR count). The Morgan fingerprint density at radius 1 is 1.05 bits per heavy atom. The Morgan fingerprint density at radius 3 is 2.36 bits per heavy atom. The normalized spacial score (nSPS) is 22.8. The van der Waals surface area contributed by atoms with Gasteiger partial charge in [-0.3, -0.25) is 4.79 Å². The van der Waals surface area contributed by atoms with Crippen molar-refractivity contribution in [2.75, 3.05) is 46.3 Å². The lowest BCUT2D eigenvalue weighted by atomic mass is 9.94. The van der Waals surface area contributed by atoms with E-state index >= 15 is 0 Å². The number of amides is 1. The van der Waals surface area contributed by atoms with E-state index in [9.17, 15) is 4.79 Å². The molecule has 4 nitrogen and oxygen atoms in total. The van der Waals surface area contributed by atoms with Gasteiger partial charge in [-0.05, 0) is 84.2 Å². The number of unbranched alkanes of at least 4 members (excludes halogenated alkanes) is 1. The summed E-state index contributed by atoms with van der Waals surface area (Å²) in [6.07, 6.45) is 8.48. The molecule has 0 aromatic carbocycles. The van der Waals surface area contributed by atoms with Crippen LogP contribution < -0.4 is 5.32 Å². The molecule has 2 fully saturated rings. The Kier molecular flexibility index (Phi) is 7.67. The van der Waals surface area contributed by atoms with Crippen LogP contribution >= 0.6 is 0 Å². The summed E-state index contributed by atoms with van der Waals surface area (Å²) >= 11 is 0. The highest BCUT2D eigenvalue weighted by molar-refractivity contribution is 5.78. The number of nitrogens with one attached hydrogen (secondary N) is 1. The van der Waals surface area contributed by atoms with Crippen LogP contribution in [0.2, 0.25) is 0 Å². The van der Waals surface area contributed by atoms with E-state index < -0.39 is 0 Å². The number of rotatable bonds is 7.